The molecule has 0 bridgehead atoms. The van der Waals surface area contributed by atoms with E-state index in [-0.39, 0.29) is 5.91 Å². The van der Waals surface area contributed by atoms with Gasteiger partial charge in [0.15, 0.2) is 0 Å². The van der Waals surface area contributed by atoms with Crippen molar-refractivity contribution in [3.8, 4) is 5.75 Å². The van der Waals surface area contributed by atoms with Gasteiger partial charge in [0.05, 0.1) is 17.2 Å². The van der Waals surface area contributed by atoms with Gasteiger partial charge in [0.1, 0.15) is 12.4 Å². The molecule has 0 atom stereocenters. The van der Waals surface area contributed by atoms with Crippen molar-refractivity contribution in [2.24, 2.45) is 0 Å². The molecule has 0 aliphatic heterocycles. The van der Waals surface area contributed by atoms with Gasteiger partial charge in [0, 0.05) is 7.11 Å². The van der Waals surface area contributed by atoms with Crippen LogP contribution in [-0.2, 0) is 4.74 Å². The number of ether oxygens (including phenoxy) is 2. The maximum atomic E-state index is 12.1. The Morgan fingerprint density at radius 3 is 2.85 bits per heavy atom. The highest BCUT2D eigenvalue weighted by Crippen LogP contribution is 2.26. The number of thiophene rings is 1. The molecule has 0 radical (unpaired) electrons. The molecule has 0 aliphatic carbocycles. The quantitative estimate of drug-likeness (QED) is 0.830. The molecule has 0 saturated carbocycles. The van der Waals surface area contributed by atoms with Gasteiger partial charge in [-0.1, -0.05) is 12.1 Å². The molecule has 1 heterocycles. The van der Waals surface area contributed by atoms with E-state index in [1.165, 1.54) is 11.3 Å². The molecule has 20 heavy (non-hydrogen) atoms. The number of aryl methyl sites for hydroxylation is 1. The zero-order valence-electron chi connectivity index (χ0n) is 11.5. The average Bonchev–Trinajstić information content (AvgIpc) is 2.96. The normalized spacial score (nSPS) is 10.3. The summed E-state index contributed by atoms with van der Waals surface area (Å²) >= 11 is 1.41. The number of anilines is 1. The first kappa shape index (κ1) is 14.6. The first-order valence-corrected chi connectivity index (χ1v) is 7.16. The molecule has 1 aromatic carbocycles. The average molecular weight is 291 g/mol. The van der Waals surface area contributed by atoms with Crippen molar-refractivity contribution in [3.63, 3.8) is 0 Å². The molecule has 4 nitrogen and oxygen atoms in total. The first-order valence-electron chi connectivity index (χ1n) is 6.28. The Morgan fingerprint density at radius 1 is 1.30 bits per heavy atom. The van der Waals surface area contributed by atoms with Gasteiger partial charge in [-0.3, -0.25) is 4.79 Å². The first-order chi connectivity index (χ1) is 9.70. The molecular weight excluding hydrogens is 274 g/mol. The largest absolute Gasteiger partial charge is 0.489 e. The van der Waals surface area contributed by atoms with Crippen LogP contribution in [-0.4, -0.2) is 26.2 Å². The molecule has 0 spiro atoms. The maximum Gasteiger partial charge on any atom is 0.265 e. The fourth-order valence-corrected chi connectivity index (χ4v) is 2.30. The predicted molar refractivity (Wildman–Crippen MR) is 80.8 cm³/mol. The Balaban J connectivity index is 2.11. The summed E-state index contributed by atoms with van der Waals surface area (Å²) in [6, 6.07) is 9.33. The van der Waals surface area contributed by atoms with E-state index in [1.807, 2.05) is 36.6 Å². The van der Waals surface area contributed by atoms with Gasteiger partial charge >= 0.3 is 0 Å². The molecule has 1 amide bonds. The van der Waals surface area contributed by atoms with Crippen LogP contribution in [0.25, 0.3) is 0 Å². The topological polar surface area (TPSA) is 47.6 Å². The van der Waals surface area contributed by atoms with Gasteiger partial charge in [-0.2, -0.15) is 0 Å². The van der Waals surface area contributed by atoms with E-state index in [0.29, 0.717) is 29.5 Å². The van der Waals surface area contributed by atoms with Crippen LogP contribution in [0.5, 0.6) is 5.75 Å². The molecule has 2 aromatic rings. The van der Waals surface area contributed by atoms with Crippen LogP contribution in [0.4, 0.5) is 5.69 Å². The van der Waals surface area contributed by atoms with Crippen molar-refractivity contribution in [1.82, 2.24) is 0 Å². The lowest BCUT2D eigenvalue weighted by Gasteiger charge is -2.12. The van der Waals surface area contributed by atoms with E-state index in [9.17, 15) is 4.79 Å². The predicted octanol–water partition coefficient (Wildman–Crippen LogP) is 3.33. The summed E-state index contributed by atoms with van der Waals surface area (Å²) in [5, 5.41) is 4.75. The number of methoxy groups -OCH3 is 1. The van der Waals surface area contributed by atoms with Gasteiger partial charge in [0.2, 0.25) is 0 Å². The Bertz CT molecular complexity index is 567. The van der Waals surface area contributed by atoms with E-state index in [1.54, 1.807) is 13.2 Å². The molecule has 1 N–H and O–H groups in total. The lowest BCUT2D eigenvalue weighted by Crippen LogP contribution is -2.12. The van der Waals surface area contributed by atoms with Crippen molar-refractivity contribution in [1.29, 1.82) is 0 Å². The Labute approximate surface area is 122 Å². The van der Waals surface area contributed by atoms with E-state index in [4.69, 9.17) is 9.47 Å². The molecule has 0 saturated heterocycles. The van der Waals surface area contributed by atoms with Crippen LogP contribution < -0.4 is 10.1 Å². The second-order valence-electron chi connectivity index (χ2n) is 4.27. The summed E-state index contributed by atoms with van der Waals surface area (Å²) in [6.07, 6.45) is 0. The van der Waals surface area contributed by atoms with Crippen LogP contribution in [0.3, 0.4) is 0 Å². The lowest BCUT2D eigenvalue weighted by atomic mass is 10.2. The molecule has 0 unspecified atom stereocenters. The van der Waals surface area contributed by atoms with Crippen molar-refractivity contribution in [3.05, 3.63) is 46.2 Å². The fraction of sp³-hybridized carbons (Fsp3) is 0.267. The molecule has 2 rings (SSSR count). The number of hydrogen-bond donors (Lipinski definition) is 1. The van der Waals surface area contributed by atoms with Crippen LogP contribution in [0, 0.1) is 6.92 Å². The van der Waals surface area contributed by atoms with Crippen molar-refractivity contribution < 1.29 is 14.3 Å². The van der Waals surface area contributed by atoms with Crippen molar-refractivity contribution in [2.45, 2.75) is 6.92 Å². The van der Waals surface area contributed by atoms with Gasteiger partial charge in [-0.25, -0.2) is 0 Å². The van der Waals surface area contributed by atoms with Gasteiger partial charge in [0.25, 0.3) is 5.91 Å². The summed E-state index contributed by atoms with van der Waals surface area (Å²) in [5.74, 6) is 0.535. The third kappa shape index (κ3) is 3.82. The number of nitrogens with one attached hydrogen (secondary N) is 1. The van der Waals surface area contributed by atoms with E-state index in [0.717, 1.165) is 5.56 Å². The standard InChI is InChI=1S/C15H17NO3S/c1-11-5-6-12(13(10-11)19-8-7-18-2)16-15(17)14-4-3-9-20-14/h3-6,9-10H,7-8H2,1-2H3,(H,16,17). The summed E-state index contributed by atoms with van der Waals surface area (Å²) in [4.78, 5) is 12.7. The highest BCUT2D eigenvalue weighted by Gasteiger charge is 2.11. The lowest BCUT2D eigenvalue weighted by molar-refractivity contribution is 0.102. The molecule has 5 heteroatoms. The SMILES string of the molecule is COCCOc1cc(C)ccc1NC(=O)c1cccs1. The van der Waals surface area contributed by atoms with Gasteiger partial charge < -0.3 is 14.8 Å². The summed E-state index contributed by atoms with van der Waals surface area (Å²) in [7, 11) is 1.62. The number of hydrogen-bond acceptors (Lipinski definition) is 4. The molecule has 0 aliphatic rings. The minimum Gasteiger partial charge on any atom is -0.489 e. The second-order valence-corrected chi connectivity index (χ2v) is 5.22. The molecule has 1 aromatic heterocycles. The number of rotatable bonds is 6. The number of carbonyl (C=O) groups is 1. The third-order valence-electron chi connectivity index (χ3n) is 2.68. The third-order valence-corrected chi connectivity index (χ3v) is 3.54. The monoisotopic (exact) mass is 291 g/mol. The summed E-state index contributed by atoms with van der Waals surface area (Å²) in [6.45, 7) is 2.93. The van der Waals surface area contributed by atoms with Crippen LogP contribution in [0.15, 0.2) is 35.7 Å². The van der Waals surface area contributed by atoms with E-state index in [2.05, 4.69) is 5.32 Å². The molecular formula is C15H17NO3S. The second kappa shape index (κ2) is 7.07. The van der Waals surface area contributed by atoms with E-state index < -0.39 is 0 Å². The number of carbonyl (C=O) groups excluding carboxylic acids is 1. The fourth-order valence-electron chi connectivity index (χ4n) is 1.68. The van der Waals surface area contributed by atoms with Crippen LogP contribution in [0.2, 0.25) is 0 Å². The van der Waals surface area contributed by atoms with Gasteiger partial charge in [-0.15, -0.1) is 11.3 Å². The Hall–Kier alpha value is -1.85. The maximum absolute atomic E-state index is 12.1. The Kier molecular flexibility index (Phi) is 5.15. The van der Waals surface area contributed by atoms with Crippen LogP contribution in [0.1, 0.15) is 15.2 Å². The van der Waals surface area contributed by atoms with Crippen molar-refractivity contribution in [2.75, 3.05) is 25.6 Å². The highest BCUT2D eigenvalue weighted by atomic mass is 32.1. The van der Waals surface area contributed by atoms with Crippen LogP contribution >= 0.6 is 11.3 Å². The molecule has 0 fully saturated rings. The van der Waals surface area contributed by atoms with Gasteiger partial charge in [-0.05, 0) is 36.1 Å². The smallest absolute Gasteiger partial charge is 0.265 e. The minimum atomic E-state index is -0.125. The zero-order valence-corrected chi connectivity index (χ0v) is 12.3. The Morgan fingerprint density at radius 2 is 2.15 bits per heavy atom. The minimum absolute atomic E-state index is 0.125. The zero-order chi connectivity index (χ0) is 14.4. The highest BCUT2D eigenvalue weighted by molar-refractivity contribution is 7.12. The number of amides is 1. The summed E-state index contributed by atoms with van der Waals surface area (Å²) in [5.41, 5.74) is 1.75. The molecule has 106 valence electrons. The van der Waals surface area contributed by atoms with E-state index >= 15 is 0 Å². The number of benzene rings is 1. The van der Waals surface area contributed by atoms with Crippen molar-refractivity contribution >= 4 is 22.9 Å². The summed E-state index contributed by atoms with van der Waals surface area (Å²) < 4.78 is 10.6.